The van der Waals surface area contributed by atoms with Crippen molar-refractivity contribution in [3.8, 4) is 0 Å². The van der Waals surface area contributed by atoms with Gasteiger partial charge in [0.15, 0.2) is 0 Å². The molecule has 102 valence electrons. The van der Waals surface area contributed by atoms with Crippen LogP contribution in [0.4, 0.5) is 0 Å². The first-order valence-electron chi connectivity index (χ1n) is 7.77. The van der Waals surface area contributed by atoms with Gasteiger partial charge in [0, 0.05) is 0 Å². The monoisotopic (exact) mass is 239 g/mol. The summed E-state index contributed by atoms with van der Waals surface area (Å²) in [5.74, 6) is 0. The summed E-state index contributed by atoms with van der Waals surface area (Å²) in [4.78, 5) is 0. The summed E-state index contributed by atoms with van der Waals surface area (Å²) in [6.07, 6.45) is 18.2. The van der Waals surface area contributed by atoms with Crippen molar-refractivity contribution in [1.29, 1.82) is 0 Å². The van der Waals surface area contributed by atoms with E-state index in [1.807, 2.05) is 0 Å². The molecule has 0 bridgehead atoms. The van der Waals surface area contributed by atoms with Crippen LogP contribution < -0.4 is 5.32 Å². The Labute approximate surface area is 109 Å². The van der Waals surface area contributed by atoms with Crippen LogP contribution in [0.25, 0.3) is 0 Å². The van der Waals surface area contributed by atoms with Gasteiger partial charge in [-0.25, -0.2) is 0 Å². The number of nitrogens with one attached hydrogen (secondary N) is 1. The molecule has 0 aliphatic heterocycles. The van der Waals surface area contributed by atoms with Gasteiger partial charge in [-0.1, -0.05) is 58.1 Å². The average Bonchev–Trinajstić information content (AvgIpc) is 2.35. The molecule has 1 N–H and O–H groups in total. The Morgan fingerprint density at radius 1 is 0.647 bits per heavy atom. The maximum Gasteiger partial charge on any atom is -0.00460 e. The van der Waals surface area contributed by atoms with E-state index in [0.717, 1.165) is 0 Å². The summed E-state index contributed by atoms with van der Waals surface area (Å²) in [5, 5.41) is 3.43. The number of allylic oxidation sites excluding steroid dienone is 2. The van der Waals surface area contributed by atoms with Crippen LogP contribution in [-0.4, -0.2) is 13.1 Å². The number of hydrogen-bond acceptors (Lipinski definition) is 1. The highest BCUT2D eigenvalue weighted by Crippen LogP contribution is 2.07. The van der Waals surface area contributed by atoms with E-state index in [1.54, 1.807) is 0 Å². The maximum absolute atomic E-state index is 3.43. The normalized spacial score (nSPS) is 11.4. The van der Waals surface area contributed by atoms with E-state index >= 15 is 0 Å². The molecule has 0 unspecified atom stereocenters. The molecular formula is C16H33N. The van der Waals surface area contributed by atoms with E-state index in [0.29, 0.717) is 0 Å². The molecule has 0 aromatic heterocycles. The van der Waals surface area contributed by atoms with E-state index in [-0.39, 0.29) is 0 Å². The van der Waals surface area contributed by atoms with Crippen LogP contribution in [0.1, 0.15) is 78.1 Å². The molecule has 0 saturated carbocycles. The minimum Gasteiger partial charge on any atom is -0.317 e. The topological polar surface area (TPSA) is 12.0 Å². The first kappa shape index (κ1) is 16.7. The summed E-state index contributed by atoms with van der Waals surface area (Å²) < 4.78 is 0. The standard InChI is InChI=1S/C16H33N/c1-3-5-6-7-8-9-10-11-12-13-14-16-17-15-4-2/h11-12,17H,3-10,13-16H2,1-2H3/b12-11-. The third kappa shape index (κ3) is 15.7. The zero-order valence-corrected chi connectivity index (χ0v) is 12.1. The first-order chi connectivity index (χ1) is 8.41. The molecule has 0 aromatic rings. The van der Waals surface area contributed by atoms with E-state index < -0.39 is 0 Å². The lowest BCUT2D eigenvalue weighted by Crippen LogP contribution is -2.15. The van der Waals surface area contributed by atoms with Crippen molar-refractivity contribution in [1.82, 2.24) is 5.32 Å². The predicted molar refractivity (Wildman–Crippen MR) is 79.5 cm³/mol. The molecule has 0 atom stereocenters. The Morgan fingerprint density at radius 2 is 1.29 bits per heavy atom. The molecule has 17 heavy (non-hydrogen) atoms. The molecule has 0 aliphatic carbocycles. The lowest BCUT2D eigenvalue weighted by molar-refractivity contribution is 0.610. The quantitative estimate of drug-likeness (QED) is 0.349. The Morgan fingerprint density at radius 3 is 2.00 bits per heavy atom. The van der Waals surface area contributed by atoms with Crippen LogP contribution in [0.2, 0.25) is 0 Å². The second kappa shape index (κ2) is 15.7. The fourth-order valence-electron chi connectivity index (χ4n) is 1.92. The molecule has 0 fully saturated rings. The van der Waals surface area contributed by atoms with Crippen LogP contribution in [0.3, 0.4) is 0 Å². The minimum absolute atomic E-state index is 1.17. The van der Waals surface area contributed by atoms with Gasteiger partial charge in [0.25, 0.3) is 0 Å². The highest BCUT2D eigenvalue weighted by molar-refractivity contribution is 4.81. The van der Waals surface area contributed by atoms with Crippen LogP contribution in [0.15, 0.2) is 12.2 Å². The van der Waals surface area contributed by atoms with E-state index in [2.05, 4.69) is 31.3 Å². The van der Waals surface area contributed by atoms with Crippen LogP contribution in [0, 0.1) is 0 Å². The minimum atomic E-state index is 1.17. The molecule has 0 saturated heterocycles. The van der Waals surface area contributed by atoms with Gasteiger partial charge in [-0.15, -0.1) is 0 Å². The summed E-state index contributed by atoms with van der Waals surface area (Å²) >= 11 is 0. The van der Waals surface area contributed by atoms with Gasteiger partial charge in [0.05, 0.1) is 0 Å². The highest BCUT2D eigenvalue weighted by atomic mass is 14.8. The molecule has 0 amide bonds. The Hall–Kier alpha value is -0.300. The number of hydrogen-bond donors (Lipinski definition) is 1. The molecule has 1 heteroatoms. The summed E-state index contributed by atoms with van der Waals surface area (Å²) in [7, 11) is 0. The van der Waals surface area contributed by atoms with E-state index in [9.17, 15) is 0 Å². The van der Waals surface area contributed by atoms with Crippen molar-refractivity contribution < 1.29 is 0 Å². The summed E-state index contributed by atoms with van der Waals surface area (Å²) in [5.41, 5.74) is 0. The summed E-state index contributed by atoms with van der Waals surface area (Å²) in [6, 6.07) is 0. The van der Waals surface area contributed by atoms with Gasteiger partial charge >= 0.3 is 0 Å². The fraction of sp³-hybridized carbons (Fsp3) is 0.875. The largest absolute Gasteiger partial charge is 0.317 e. The van der Waals surface area contributed by atoms with Gasteiger partial charge in [0.2, 0.25) is 0 Å². The SMILES string of the molecule is CCCCCCCC/C=C\CCCNCCC. The lowest BCUT2D eigenvalue weighted by atomic mass is 10.1. The van der Waals surface area contributed by atoms with Gasteiger partial charge in [-0.2, -0.15) is 0 Å². The fourth-order valence-corrected chi connectivity index (χ4v) is 1.92. The molecule has 0 aromatic carbocycles. The molecule has 0 rings (SSSR count). The van der Waals surface area contributed by atoms with Crippen molar-refractivity contribution in [3.05, 3.63) is 12.2 Å². The number of rotatable bonds is 13. The van der Waals surface area contributed by atoms with Gasteiger partial charge < -0.3 is 5.32 Å². The van der Waals surface area contributed by atoms with Crippen LogP contribution in [-0.2, 0) is 0 Å². The van der Waals surface area contributed by atoms with Crippen molar-refractivity contribution in [2.45, 2.75) is 78.1 Å². The Bertz CT molecular complexity index is 152. The molecule has 0 spiro atoms. The Kier molecular flexibility index (Phi) is 15.4. The third-order valence-corrected chi connectivity index (χ3v) is 3.04. The zero-order chi connectivity index (χ0) is 12.6. The van der Waals surface area contributed by atoms with Crippen LogP contribution >= 0.6 is 0 Å². The smallest absolute Gasteiger partial charge is 0.00460 e. The average molecular weight is 239 g/mol. The predicted octanol–water partition coefficient (Wildman–Crippen LogP) is 5.07. The first-order valence-corrected chi connectivity index (χ1v) is 7.77. The molecule has 1 nitrogen and oxygen atoms in total. The zero-order valence-electron chi connectivity index (χ0n) is 12.1. The molecule has 0 heterocycles. The van der Waals surface area contributed by atoms with Gasteiger partial charge in [-0.05, 0) is 45.2 Å². The second-order valence-corrected chi connectivity index (χ2v) is 4.92. The van der Waals surface area contributed by atoms with Crippen molar-refractivity contribution in [3.63, 3.8) is 0 Å². The van der Waals surface area contributed by atoms with Gasteiger partial charge in [-0.3, -0.25) is 0 Å². The van der Waals surface area contributed by atoms with E-state index in [4.69, 9.17) is 0 Å². The third-order valence-electron chi connectivity index (χ3n) is 3.04. The molecule has 0 aliphatic rings. The highest BCUT2D eigenvalue weighted by Gasteiger charge is 1.88. The van der Waals surface area contributed by atoms with Gasteiger partial charge in [0.1, 0.15) is 0 Å². The van der Waals surface area contributed by atoms with Crippen molar-refractivity contribution in [2.75, 3.05) is 13.1 Å². The summed E-state index contributed by atoms with van der Waals surface area (Å²) in [6.45, 7) is 6.84. The van der Waals surface area contributed by atoms with Crippen molar-refractivity contribution >= 4 is 0 Å². The molecular weight excluding hydrogens is 206 g/mol. The van der Waals surface area contributed by atoms with E-state index in [1.165, 1.54) is 77.3 Å². The Balaban J connectivity index is 2.99. The number of unbranched alkanes of at least 4 members (excludes halogenated alkanes) is 7. The lowest BCUT2D eigenvalue weighted by Gasteiger charge is -2.00. The van der Waals surface area contributed by atoms with Crippen molar-refractivity contribution in [2.24, 2.45) is 0 Å². The molecule has 0 radical (unpaired) electrons. The van der Waals surface area contributed by atoms with Crippen LogP contribution in [0.5, 0.6) is 0 Å². The second-order valence-electron chi connectivity index (χ2n) is 4.92. The maximum atomic E-state index is 3.43.